The molecule has 0 aliphatic carbocycles. The van der Waals surface area contributed by atoms with E-state index in [1.165, 1.54) is 6.07 Å². The van der Waals surface area contributed by atoms with Crippen LogP contribution in [-0.2, 0) is 4.79 Å². The molecule has 23 heavy (non-hydrogen) atoms. The van der Waals surface area contributed by atoms with Crippen LogP contribution in [0.15, 0.2) is 48.5 Å². The first kappa shape index (κ1) is 16.5. The summed E-state index contributed by atoms with van der Waals surface area (Å²) in [5.74, 6) is -0.293. The summed E-state index contributed by atoms with van der Waals surface area (Å²) >= 11 is 0. The SMILES string of the molecule is C/C=C(/c1ccccc1)c1ccc(OCCF)c(O)c1OC=O. The Morgan fingerprint density at radius 2 is 1.96 bits per heavy atom. The molecule has 0 unspecified atom stereocenters. The molecule has 0 amide bonds. The second-order valence-electron chi connectivity index (χ2n) is 4.61. The Hall–Kier alpha value is -2.82. The molecule has 0 radical (unpaired) electrons. The van der Waals surface area contributed by atoms with E-state index in [9.17, 15) is 14.3 Å². The monoisotopic (exact) mass is 316 g/mol. The van der Waals surface area contributed by atoms with Crippen molar-refractivity contribution in [3.8, 4) is 17.2 Å². The predicted molar refractivity (Wildman–Crippen MR) is 85.5 cm³/mol. The van der Waals surface area contributed by atoms with Crippen molar-refractivity contribution in [1.29, 1.82) is 0 Å². The fraction of sp³-hybridized carbons (Fsp3) is 0.167. The van der Waals surface area contributed by atoms with E-state index in [1.54, 1.807) is 6.07 Å². The Kier molecular flexibility index (Phi) is 5.74. The van der Waals surface area contributed by atoms with E-state index in [0.717, 1.165) is 11.1 Å². The first-order valence-corrected chi connectivity index (χ1v) is 7.10. The summed E-state index contributed by atoms with van der Waals surface area (Å²) in [6.45, 7) is 1.20. The molecular weight excluding hydrogens is 299 g/mol. The highest BCUT2D eigenvalue weighted by Gasteiger charge is 2.18. The molecule has 0 fully saturated rings. The van der Waals surface area contributed by atoms with E-state index in [-0.39, 0.29) is 30.3 Å². The Bertz CT molecular complexity index is 696. The summed E-state index contributed by atoms with van der Waals surface area (Å²) in [4.78, 5) is 10.8. The lowest BCUT2D eigenvalue weighted by Crippen LogP contribution is -2.02. The molecule has 0 saturated carbocycles. The molecule has 2 rings (SSSR count). The number of carbonyl (C=O) groups excluding carboxylic acids is 1. The van der Waals surface area contributed by atoms with Gasteiger partial charge in [-0.15, -0.1) is 0 Å². The summed E-state index contributed by atoms with van der Waals surface area (Å²) in [5, 5.41) is 10.3. The maximum atomic E-state index is 12.2. The van der Waals surface area contributed by atoms with Crippen LogP contribution in [0.4, 0.5) is 4.39 Å². The van der Waals surface area contributed by atoms with Crippen molar-refractivity contribution in [2.75, 3.05) is 13.3 Å². The van der Waals surface area contributed by atoms with Gasteiger partial charge in [0.05, 0.1) is 0 Å². The molecule has 0 heterocycles. The molecule has 4 nitrogen and oxygen atoms in total. The van der Waals surface area contributed by atoms with Gasteiger partial charge in [0.15, 0.2) is 11.5 Å². The Morgan fingerprint density at radius 1 is 1.22 bits per heavy atom. The molecule has 0 aliphatic heterocycles. The van der Waals surface area contributed by atoms with Gasteiger partial charge in [-0.25, -0.2) is 4.39 Å². The Labute approximate surface area is 133 Å². The minimum Gasteiger partial charge on any atom is -0.502 e. The van der Waals surface area contributed by atoms with Gasteiger partial charge >= 0.3 is 0 Å². The molecular formula is C18H17FO4. The number of alkyl halides is 1. The van der Waals surface area contributed by atoms with Gasteiger partial charge in [0.1, 0.15) is 13.3 Å². The van der Waals surface area contributed by atoms with Gasteiger partial charge < -0.3 is 14.6 Å². The highest BCUT2D eigenvalue weighted by atomic mass is 19.1. The molecule has 1 N–H and O–H groups in total. The third kappa shape index (κ3) is 3.69. The molecule has 120 valence electrons. The number of hydrogen-bond donors (Lipinski definition) is 1. The van der Waals surface area contributed by atoms with Crippen molar-refractivity contribution < 1.29 is 23.8 Å². The van der Waals surface area contributed by atoms with Crippen LogP contribution in [-0.4, -0.2) is 24.9 Å². The topological polar surface area (TPSA) is 55.8 Å². The first-order valence-electron chi connectivity index (χ1n) is 7.10. The minimum absolute atomic E-state index is 0.0201. The standard InChI is InChI=1S/C18H17FO4/c1-2-14(13-6-4-3-5-7-13)15-8-9-16(22-11-10-19)17(21)18(15)23-12-20/h2-9,12,21H,10-11H2,1H3/b14-2-. The second kappa shape index (κ2) is 7.98. The van der Waals surface area contributed by atoms with Gasteiger partial charge in [-0.1, -0.05) is 36.4 Å². The van der Waals surface area contributed by atoms with Crippen LogP contribution in [0, 0.1) is 0 Å². The van der Waals surface area contributed by atoms with Crippen LogP contribution < -0.4 is 9.47 Å². The van der Waals surface area contributed by atoms with Gasteiger partial charge in [-0.2, -0.15) is 0 Å². The lowest BCUT2D eigenvalue weighted by molar-refractivity contribution is -0.120. The number of allylic oxidation sites excluding steroid dienone is 1. The predicted octanol–water partition coefficient (Wildman–Crippen LogP) is 3.73. The number of hydrogen-bond acceptors (Lipinski definition) is 4. The number of phenols is 1. The van der Waals surface area contributed by atoms with E-state index in [1.807, 2.05) is 43.3 Å². The van der Waals surface area contributed by atoms with E-state index in [2.05, 4.69) is 0 Å². The summed E-state index contributed by atoms with van der Waals surface area (Å²) in [7, 11) is 0. The molecule has 5 heteroatoms. The number of benzene rings is 2. The van der Waals surface area contributed by atoms with Crippen molar-refractivity contribution in [1.82, 2.24) is 0 Å². The molecule has 0 saturated heterocycles. The van der Waals surface area contributed by atoms with E-state index in [4.69, 9.17) is 9.47 Å². The number of rotatable bonds is 7. The average Bonchev–Trinajstić information content (AvgIpc) is 2.58. The summed E-state index contributed by atoms with van der Waals surface area (Å²) < 4.78 is 22.3. The number of ether oxygens (including phenoxy) is 2. The summed E-state index contributed by atoms with van der Waals surface area (Å²) in [5.41, 5.74) is 2.23. The van der Waals surface area contributed by atoms with Gasteiger partial charge in [0, 0.05) is 5.56 Å². The minimum atomic E-state index is -0.685. The molecule has 0 aromatic heterocycles. The number of phenolic OH excluding ortho intramolecular Hbond substituents is 1. The fourth-order valence-corrected chi connectivity index (χ4v) is 2.29. The van der Waals surface area contributed by atoms with Crippen LogP contribution in [0.2, 0.25) is 0 Å². The van der Waals surface area contributed by atoms with Crippen molar-refractivity contribution >= 4 is 12.0 Å². The normalized spacial score (nSPS) is 11.1. The van der Waals surface area contributed by atoms with Gasteiger partial charge in [-0.05, 0) is 30.2 Å². The van der Waals surface area contributed by atoms with Crippen LogP contribution in [0.1, 0.15) is 18.1 Å². The molecule has 0 aliphatic rings. The maximum Gasteiger partial charge on any atom is 0.298 e. The van der Waals surface area contributed by atoms with Gasteiger partial charge in [-0.3, -0.25) is 4.79 Å². The van der Waals surface area contributed by atoms with Crippen LogP contribution in [0.3, 0.4) is 0 Å². The Balaban J connectivity index is 2.53. The maximum absolute atomic E-state index is 12.2. The molecule has 0 atom stereocenters. The highest BCUT2D eigenvalue weighted by Crippen LogP contribution is 2.43. The Morgan fingerprint density at radius 3 is 2.57 bits per heavy atom. The van der Waals surface area contributed by atoms with E-state index in [0.29, 0.717) is 5.56 Å². The van der Waals surface area contributed by atoms with Crippen molar-refractivity contribution in [2.45, 2.75) is 6.92 Å². The van der Waals surface area contributed by atoms with Gasteiger partial charge in [0.25, 0.3) is 6.47 Å². The third-order valence-corrected chi connectivity index (χ3v) is 3.26. The van der Waals surface area contributed by atoms with E-state index < -0.39 is 6.67 Å². The second-order valence-corrected chi connectivity index (χ2v) is 4.61. The van der Waals surface area contributed by atoms with Crippen LogP contribution in [0.5, 0.6) is 17.2 Å². The summed E-state index contributed by atoms with van der Waals surface area (Å²) in [6.07, 6.45) is 1.85. The number of aromatic hydroxyl groups is 1. The largest absolute Gasteiger partial charge is 0.502 e. The number of halogens is 1. The quantitative estimate of drug-likeness (QED) is 0.791. The average molecular weight is 316 g/mol. The zero-order valence-corrected chi connectivity index (χ0v) is 12.7. The van der Waals surface area contributed by atoms with Gasteiger partial charge in [0.2, 0.25) is 5.75 Å². The lowest BCUT2D eigenvalue weighted by Gasteiger charge is -2.15. The zero-order valence-electron chi connectivity index (χ0n) is 12.7. The van der Waals surface area contributed by atoms with Crippen molar-refractivity contribution in [2.24, 2.45) is 0 Å². The van der Waals surface area contributed by atoms with Crippen molar-refractivity contribution in [3.63, 3.8) is 0 Å². The third-order valence-electron chi connectivity index (χ3n) is 3.26. The van der Waals surface area contributed by atoms with E-state index >= 15 is 0 Å². The first-order chi connectivity index (χ1) is 11.2. The lowest BCUT2D eigenvalue weighted by atomic mass is 9.96. The number of carbonyl (C=O) groups is 1. The molecule has 2 aromatic rings. The molecule has 0 bridgehead atoms. The molecule has 2 aromatic carbocycles. The van der Waals surface area contributed by atoms with Crippen molar-refractivity contribution in [3.05, 3.63) is 59.7 Å². The van der Waals surface area contributed by atoms with Crippen LogP contribution in [0.25, 0.3) is 5.57 Å². The smallest absolute Gasteiger partial charge is 0.298 e. The molecule has 0 spiro atoms. The highest BCUT2D eigenvalue weighted by molar-refractivity contribution is 5.85. The fourth-order valence-electron chi connectivity index (χ4n) is 2.29. The van der Waals surface area contributed by atoms with Crippen LogP contribution >= 0.6 is 0 Å². The summed E-state index contributed by atoms with van der Waals surface area (Å²) in [6, 6.07) is 12.7. The zero-order chi connectivity index (χ0) is 16.7.